The van der Waals surface area contributed by atoms with E-state index in [4.69, 9.17) is 14.2 Å². The Balaban J connectivity index is 1.43. The van der Waals surface area contributed by atoms with Crippen molar-refractivity contribution in [1.29, 1.82) is 0 Å². The van der Waals surface area contributed by atoms with Gasteiger partial charge in [-0.3, -0.25) is 4.79 Å². The zero-order valence-corrected chi connectivity index (χ0v) is 26.8. The molecule has 1 saturated carbocycles. The molecule has 1 aliphatic carbocycles. The molecule has 0 aromatic rings. The van der Waals surface area contributed by atoms with E-state index in [1.807, 2.05) is 13.0 Å². The number of hydrogen-bond donors (Lipinski definition) is 1. The molecule has 0 bridgehead atoms. The molecular formula is C36H60O5. The van der Waals surface area contributed by atoms with Crippen molar-refractivity contribution in [2.45, 2.75) is 160 Å². The molecule has 3 aliphatic rings. The molecule has 1 N–H and O–H groups in total. The van der Waals surface area contributed by atoms with Crippen molar-refractivity contribution in [3.05, 3.63) is 36.0 Å². The first-order valence-electron chi connectivity index (χ1n) is 16.9. The lowest BCUT2D eigenvalue weighted by Crippen LogP contribution is -2.42. The van der Waals surface area contributed by atoms with Crippen LogP contribution in [0.15, 0.2) is 36.0 Å². The average molecular weight is 573 g/mol. The van der Waals surface area contributed by atoms with Crippen LogP contribution in [0, 0.1) is 11.8 Å². The molecule has 5 nitrogen and oxygen atoms in total. The first-order chi connectivity index (χ1) is 19.7. The summed E-state index contributed by atoms with van der Waals surface area (Å²) in [6.07, 6.45) is 25.4. The lowest BCUT2D eigenvalue weighted by molar-refractivity contribution is -0.151. The number of rotatable bonds is 18. The van der Waals surface area contributed by atoms with Gasteiger partial charge in [0, 0.05) is 18.3 Å². The molecule has 41 heavy (non-hydrogen) atoms. The molecular weight excluding hydrogens is 512 g/mol. The van der Waals surface area contributed by atoms with Crippen molar-refractivity contribution in [2.75, 3.05) is 13.2 Å². The number of fused-ring (bicyclic) bond motifs is 2. The van der Waals surface area contributed by atoms with Crippen molar-refractivity contribution in [3.8, 4) is 0 Å². The van der Waals surface area contributed by atoms with E-state index in [-0.39, 0.29) is 36.6 Å². The van der Waals surface area contributed by atoms with Crippen molar-refractivity contribution >= 4 is 5.97 Å². The fourth-order valence-corrected chi connectivity index (χ4v) is 6.83. The van der Waals surface area contributed by atoms with Crippen LogP contribution in [-0.4, -0.2) is 47.7 Å². The number of aliphatic hydroxyl groups is 1. The summed E-state index contributed by atoms with van der Waals surface area (Å²) in [6.45, 7) is 13.5. The highest BCUT2D eigenvalue weighted by atomic mass is 16.6. The molecule has 3 rings (SSSR count). The van der Waals surface area contributed by atoms with Gasteiger partial charge in [-0.2, -0.15) is 0 Å². The van der Waals surface area contributed by atoms with Gasteiger partial charge in [0.15, 0.2) is 0 Å². The van der Waals surface area contributed by atoms with Gasteiger partial charge in [0.1, 0.15) is 18.3 Å². The Morgan fingerprint density at radius 3 is 2.24 bits per heavy atom. The fraction of sp³-hybridized carbons (Fsp3) is 0.806. The van der Waals surface area contributed by atoms with E-state index in [2.05, 4.69) is 39.5 Å². The maximum absolute atomic E-state index is 12.8. The number of carbonyl (C=O) groups excluding carboxylic acids is 1. The molecule has 0 radical (unpaired) electrons. The molecule has 0 aromatic heterocycles. The maximum atomic E-state index is 12.8. The van der Waals surface area contributed by atoms with E-state index in [0.29, 0.717) is 19.4 Å². The summed E-state index contributed by atoms with van der Waals surface area (Å²) in [5.41, 5.74) is 0.736. The summed E-state index contributed by atoms with van der Waals surface area (Å²) in [7, 11) is 0. The highest BCUT2D eigenvalue weighted by Gasteiger charge is 2.56. The van der Waals surface area contributed by atoms with Crippen LogP contribution in [0.2, 0.25) is 0 Å². The van der Waals surface area contributed by atoms with Gasteiger partial charge in [0.05, 0.1) is 18.3 Å². The number of epoxide rings is 1. The molecule has 2 heterocycles. The molecule has 5 heteroatoms. The topological polar surface area (TPSA) is 68.3 Å². The monoisotopic (exact) mass is 572 g/mol. The number of esters is 1. The minimum atomic E-state index is -0.872. The lowest BCUT2D eigenvalue weighted by Gasteiger charge is -2.34. The van der Waals surface area contributed by atoms with Gasteiger partial charge in [-0.05, 0) is 52.5 Å². The Bertz CT molecular complexity index is 869. The summed E-state index contributed by atoms with van der Waals surface area (Å²) in [5, 5.41) is 11.1. The highest BCUT2D eigenvalue weighted by molar-refractivity contribution is 5.69. The van der Waals surface area contributed by atoms with E-state index >= 15 is 0 Å². The summed E-state index contributed by atoms with van der Waals surface area (Å²) in [5.74, 6) is 0.105. The standard InChI is InChI=1S/C36H60O5/c1-6-7-8-9-10-11-12-13-14-15-16-17-18-21-33(37)39-27-36(23-19-20-28(2)3)31-22-24-35(5,38)34-32(41-34)25-29(4)30(31)26-40-36/h19-20,23,30-32,34,38H,4,6-18,21-22,24-27H2,1-3,5H3/b23-19+/t30-,31-,32+,34+,35-,36-/m0/s1. The Kier molecular flexibility index (Phi) is 14.1. The summed E-state index contributed by atoms with van der Waals surface area (Å²) >= 11 is 0. The third-order valence-electron chi connectivity index (χ3n) is 9.54. The van der Waals surface area contributed by atoms with Crippen LogP contribution in [0.25, 0.3) is 0 Å². The largest absolute Gasteiger partial charge is 0.462 e. The van der Waals surface area contributed by atoms with Crippen molar-refractivity contribution in [3.63, 3.8) is 0 Å². The second-order valence-electron chi connectivity index (χ2n) is 13.6. The number of allylic oxidation sites excluding steroid dienone is 3. The molecule has 2 saturated heterocycles. The normalized spacial score (nSPS) is 31.2. The molecule has 2 aliphatic heterocycles. The van der Waals surface area contributed by atoms with Crippen LogP contribution in [0.3, 0.4) is 0 Å². The van der Waals surface area contributed by atoms with Crippen LogP contribution in [-0.2, 0) is 19.0 Å². The van der Waals surface area contributed by atoms with E-state index in [1.54, 1.807) is 0 Å². The molecule has 0 spiro atoms. The first-order valence-corrected chi connectivity index (χ1v) is 16.9. The average Bonchev–Trinajstić information content (AvgIpc) is 3.61. The summed E-state index contributed by atoms with van der Waals surface area (Å²) in [6, 6.07) is 0. The van der Waals surface area contributed by atoms with Gasteiger partial charge in [-0.1, -0.05) is 114 Å². The van der Waals surface area contributed by atoms with Crippen molar-refractivity contribution < 1.29 is 24.1 Å². The lowest BCUT2D eigenvalue weighted by atomic mass is 9.74. The minimum absolute atomic E-state index is 0.0469. The first kappa shape index (κ1) is 34.1. The Morgan fingerprint density at radius 1 is 1.02 bits per heavy atom. The van der Waals surface area contributed by atoms with E-state index < -0.39 is 11.2 Å². The number of unbranched alkanes of at least 4 members (excludes halogenated alkanes) is 12. The van der Waals surface area contributed by atoms with E-state index in [1.165, 1.54) is 76.2 Å². The van der Waals surface area contributed by atoms with Gasteiger partial charge in [0.2, 0.25) is 0 Å². The molecule has 0 aromatic carbocycles. The van der Waals surface area contributed by atoms with Crippen molar-refractivity contribution in [1.82, 2.24) is 0 Å². The second-order valence-corrected chi connectivity index (χ2v) is 13.6. The quantitative estimate of drug-likeness (QED) is 0.0584. The second kappa shape index (κ2) is 17.0. The number of carbonyl (C=O) groups is 1. The van der Waals surface area contributed by atoms with Crippen LogP contribution in [0.1, 0.15) is 137 Å². The molecule has 0 amide bonds. The SMILES string of the molecule is C=C1C[C@H]2O[C@H]2[C@@](C)(O)CC[C@H]2[C@H]1CO[C@@]2(/C=C/C=C(C)C)COC(=O)CCCCCCCCCCCCCCC. The van der Waals surface area contributed by atoms with Crippen LogP contribution in [0.4, 0.5) is 0 Å². The minimum Gasteiger partial charge on any atom is -0.462 e. The van der Waals surface area contributed by atoms with Gasteiger partial charge in [-0.15, -0.1) is 0 Å². The molecule has 6 atom stereocenters. The number of ether oxygens (including phenoxy) is 3. The highest BCUT2D eigenvalue weighted by Crippen LogP contribution is 2.50. The Hall–Kier alpha value is -1.43. The summed E-state index contributed by atoms with van der Waals surface area (Å²) in [4.78, 5) is 12.8. The smallest absolute Gasteiger partial charge is 0.305 e. The van der Waals surface area contributed by atoms with Gasteiger partial charge in [0.25, 0.3) is 0 Å². The zero-order valence-electron chi connectivity index (χ0n) is 26.8. The van der Waals surface area contributed by atoms with Crippen molar-refractivity contribution in [2.24, 2.45) is 11.8 Å². The molecule has 234 valence electrons. The zero-order chi connectivity index (χ0) is 29.7. The predicted molar refractivity (Wildman–Crippen MR) is 168 cm³/mol. The Morgan fingerprint density at radius 2 is 1.63 bits per heavy atom. The summed E-state index contributed by atoms with van der Waals surface area (Å²) < 4.78 is 18.2. The van der Waals surface area contributed by atoms with Crippen LogP contribution >= 0.6 is 0 Å². The molecule has 3 fully saturated rings. The number of hydrogen-bond acceptors (Lipinski definition) is 5. The maximum Gasteiger partial charge on any atom is 0.305 e. The van der Waals surface area contributed by atoms with Gasteiger partial charge >= 0.3 is 5.97 Å². The third kappa shape index (κ3) is 11.0. The fourth-order valence-electron chi connectivity index (χ4n) is 6.83. The Labute approximate surface area is 251 Å². The van der Waals surface area contributed by atoms with E-state index in [0.717, 1.165) is 31.3 Å². The van der Waals surface area contributed by atoms with Crippen LogP contribution < -0.4 is 0 Å². The molecule has 0 unspecified atom stereocenters. The van der Waals surface area contributed by atoms with Gasteiger partial charge in [-0.25, -0.2) is 0 Å². The third-order valence-corrected chi connectivity index (χ3v) is 9.54. The van der Waals surface area contributed by atoms with Gasteiger partial charge < -0.3 is 19.3 Å². The van der Waals surface area contributed by atoms with Crippen LogP contribution in [0.5, 0.6) is 0 Å². The predicted octanol–water partition coefficient (Wildman–Crippen LogP) is 8.79. The van der Waals surface area contributed by atoms with E-state index in [9.17, 15) is 9.90 Å².